The summed E-state index contributed by atoms with van der Waals surface area (Å²) in [5, 5.41) is 2.23. The standard InChI is InChI=1S/C24H23NO5S2/c1-2-32(28,29)25-12-11-19-13-20(8-10-22(19)25)23(26)15-30-24(27)16-31-21-9-7-17-5-3-4-6-18(17)14-21/h3-10,13-14H,2,11-12,15-16H2,1H3. The van der Waals surface area contributed by atoms with E-state index in [0.29, 0.717) is 24.2 Å². The number of carbonyl (C=O) groups is 2. The van der Waals surface area contributed by atoms with Gasteiger partial charge in [0.05, 0.1) is 17.2 Å². The van der Waals surface area contributed by atoms with Crippen LogP contribution in [0.5, 0.6) is 0 Å². The summed E-state index contributed by atoms with van der Waals surface area (Å²) in [6, 6.07) is 18.9. The number of ether oxygens (including phenoxy) is 1. The van der Waals surface area contributed by atoms with Gasteiger partial charge in [-0.3, -0.25) is 13.9 Å². The molecule has 6 nitrogen and oxygen atoms in total. The number of rotatable bonds is 8. The molecule has 0 radical (unpaired) electrons. The van der Waals surface area contributed by atoms with Crippen LogP contribution in [0.1, 0.15) is 22.8 Å². The van der Waals surface area contributed by atoms with Gasteiger partial charge in [-0.25, -0.2) is 8.42 Å². The number of benzene rings is 3. The maximum atomic E-state index is 12.5. The van der Waals surface area contributed by atoms with Gasteiger partial charge in [-0.15, -0.1) is 11.8 Å². The molecule has 8 heteroatoms. The van der Waals surface area contributed by atoms with Crippen molar-refractivity contribution in [3.05, 3.63) is 71.8 Å². The molecule has 0 bridgehead atoms. The van der Waals surface area contributed by atoms with Crippen LogP contribution >= 0.6 is 11.8 Å². The van der Waals surface area contributed by atoms with Crippen LogP contribution in [0.25, 0.3) is 10.8 Å². The predicted molar refractivity (Wildman–Crippen MR) is 127 cm³/mol. The fourth-order valence-corrected chi connectivity index (χ4v) is 5.56. The van der Waals surface area contributed by atoms with E-state index in [-0.39, 0.29) is 23.9 Å². The number of sulfonamides is 1. The van der Waals surface area contributed by atoms with E-state index in [9.17, 15) is 18.0 Å². The van der Waals surface area contributed by atoms with Gasteiger partial charge in [0.15, 0.2) is 12.4 Å². The van der Waals surface area contributed by atoms with Gasteiger partial charge in [-0.05, 0) is 60.0 Å². The van der Waals surface area contributed by atoms with Crippen LogP contribution < -0.4 is 4.31 Å². The van der Waals surface area contributed by atoms with Gasteiger partial charge >= 0.3 is 5.97 Å². The van der Waals surface area contributed by atoms with E-state index in [0.717, 1.165) is 21.2 Å². The first-order valence-electron chi connectivity index (χ1n) is 10.3. The van der Waals surface area contributed by atoms with E-state index >= 15 is 0 Å². The Kier molecular flexibility index (Phi) is 6.53. The van der Waals surface area contributed by atoms with Crippen molar-refractivity contribution < 1.29 is 22.7 Å². The highest BCUT2D eigenvalue weighted by molar-refractivity contribution is 8.00. The smallest absolute Gasteiger partial charge is 0.316 e. The summed E-state index contributed by atoms with van der Waals surface area (Å²) in [5.74, 6) is -0.633. The molecule has 4 rings (SSSR count). The number of hydrogen-bond acceptors (Lipinski definition) is 6. The van der Waals surface area contributed by atoms with Gasteiger partial charge in [0, 0.05) is 17.0 Å². The average Bonchev–Trinajstić information content (AvgIpc) is 3.25. The van der Waals surface area contributed by atoms with Crippen molar-refractivity contribution in [1.82, 2.24) is 0 Å². The highest BCUT2D eigenvalue weighted by Gasteiger charge is 2.28. The Bertz CT molecular complexity index is 1290. The third-order valence-electron chi connectivity index (χ3n) is 5.40. The minimum absolute atomic E-state index is 0.0281. The Morgan fingerprint density at radius 2 is 1.81 bits per heavy atom. The molecule has 0 unspecified atom stereocenters. The largest absolute Gasteiger partial charge is 0.457 e. The summed E-state index contributed by atoms with van der Waals surface area (Å²) >= 11 is 1.36. The third-order valence-corrected chi connectivity index (χ3v) is 8.14. The third kappa shape index (κ3) is 4.81. The normalized spacial score (nSPS) is 13.2. The SMILES string of the molecule is CCS(=O)(=O)N1CCc2cc(C(=O)COC(=O)CSc3ccc4ccccc4c3)ccc21. The summed E-state index contributed by atoms with van der Waals surface area (Å²) < 4.78 is 30.9. The van der Waals surface area contributed by atoms with Crippen LogP contribution in [0, 0.1) is 0 Å². The zero-order chi connectivity index (χ0) is 22.7. The summed E-state index contributed by atoms with van der Waals surface area (Å²) in [4.78, 5) is 25.6. The van der Waals surface area contributed by atoms with Gasteiger partial charge in [-0.2, -0.15) is 0 Å². The van der Waals surface area contributed by atoms with Gasteiger partial charge in [-0.1, -0.05) is 30.3 Å². The van der Waals surface area contributed by atoms with E-state index in [1.165, 1.54) is 16.1 Å². The first-order chi connectivity index (χ1) is 15.4. The summed E-state index contributed by atoms with van der Waals surface area (Å²) in [7, 11) is -3.33. The Balaban J connectivity index is 1.32. The molecule has 0 N–H and O–H groups in total. The van der Waals surface area contributed by atoms with Crippen molar-refractivity contribution in [2.75, 3.05) is 29.0 Å². The highest BCUT2D eigenvalue weighted by Crippen LogP contribution is 2.31. The Morgan fingerprint density at radius 1 is 1.03 bits per heavy atom. The van der Waals surface area contributed by atoms with E-state index < -0.39 is 16.0 Å². The monoisotopic (exact) mass is 469 g/mol. The predicted octanol–water partition coefficient (Wildman–Crippen LogP) is 4.07. The summed E-state index contributed by atoms with van der Waals surface area (Å²) in [6.07, 6.45) is 0.553. The number of ketones is 1. The lowest BCUT2D eigenvalue weighted by Gasteiger charge is -2.18. The molecular formula is C24H23NO5S2. The lowest BCUT2D eigenvalue weighted by Crippen LogP contribution is -2.30. The van der Waals surface area contributed by atoms with Crippen LogP contribution in [0.2, 0.25) is 0 Å². The minimum atomic E-state index is -3.33. The van der Waals surface area contributed by atoms with Crippen molar-refractivity contribution in [1.29, 1.82) is 0 Å². The molecule has 3 aromatic rings. The molecule has 1 aliphatic rings. The van der Waals surface area contributed by atoms with E-state index in [1.54, 1.807) is 25.1 Å². The molecule has 0 spiro atoms. The molecule has 1 aliphatic heterocycles. The fraction of sp³-hybridized carbons (Fsp3) is 0.250. The number of fused-ring (bicyclic) bond motifs is 2. The molecule has 0 amide bonds. The number of Topliss-reactive ketones (excluding diaryl/α,β-unsaturated/α-hetero) is 1. The molecule has 166 valence electrons. The van der Waals surface area contributed by atoms with Gasteiger partial charge in [0.1, 0.15) is 0 Å². The maximum absolute atomic E-state index is 12.5. The molecule has 0 saturated carbocycles. The first-order valence-corrected chi connectivity index (χ1v) is 12.9. The highest BCUT2D eigenvalue weighted by atomic mass is 32.2. The molecule has 0 aliphatic carbocycles. The van der Waals surface area contributed by atoms with E-state index in [4.69, 9.17) is 4.74 Å². The molecule has 1 heterocycles. The lowest BCUT2D eigenvalue weighted by molar-refractivity contribution is -0.139. The van der Waals surface area contributed by atoms with Gasteiger partial charge in [0.2, 0.25) is 10.0 Å². The quantitative estimate of drug-likeness (QED) is 0.281. The molecule has 0 aromatic heterocycles. The zero-order valence-corrected chi connectivity index (χ0v) is 19.2. The lowest BCUT2D eigenvalue weighted by atomic mass is 10.1. The van der Waals surface area contributed by atoms with Crippen LogP contribution in [0.4, 0.5) is 5.69 Å². The van der Waals surface area contributed by atoms with Crippen molar-refractivity contribution in [2.24, 2.45) is 0 Å². The molecule has 0 saturated heterocycles. The molecule has 0 atom stereocenters. The zero-order valence-electron chi connectivity index (χ0n) is 17.6. The molecular weight excluding hydrogens is 446 g/mol. The number of carbonyl (C=O) groups excluding carboxylic acids is 2. The summed E-state index contributed by atoms with van der Waals surface area (Å²) in [6.45, 7) is 1.65. The van der Waals surface area contributed by atoms with Gasteiger partial charge in [0.25, 0.3) is 0 Å². The number of nitrogens with zero attached hydrogens (tertiary/aromatic N) is 1. The van der Waals surface area contributed by atoms with Crippen LogP contribution in [-0.2, 0) is 26.0 Å². The van der Waals surface area contributed by atoms with Crippen LogP contribution in [0.15, 0.2) is 65.6 Å². The first kappa shape index (κ1) is 22.4. The van der Waals surface area contributed by atoms with Crippen LogP contribution in [-0.4, -0.2) is 44.8 Å². The van der Waals surface area contributed by atoms with Gasteiger partial charge < -0.3 is 4.74 Å². The fourth-order valence-electron chi connectivity index (χ4n) is 3.66. The van der Waals surface area contributed by atoms with Crippen molar-refractivity contribution >= 4 is 50.0 Å². The minimum Gasteiger partial charge on any atom is -0.457 e. The number of thioether (sulfide) groups is 1. The van der Waals surface area contributed by atoms with Crippen molar-refractivity contribution in [3.8, 4) is 0 Å². The second-order valence-corrected chi connectivity index (χ2v) is 10.7. The number of anilines is 1. The Morgan fingerprint density at radius 3 is 2.59 bits per heavy atom. The molecule has 3 aromatic carbocycles. The topological polar surface area (TPSA) is 80.8 Å². The molecule has 0 fully saturated rings. The van der Waals surface area contributed by atoms with Crippen molar-refractivity contribution in [3.63, 3.8) is 0 Å². The Labute approximate surface area is 191 Å². The second kappa shape index (κ2) is 9.34. The number of hydrogen-bond donors (Lipinski definition) is 0. The molecule has 32 heavy (non-hydrogen) atoms. The van der Waals surface area contributed by atoms with E-state index in [1.807, 2.05) is 42.5 Å². The maximum Gasteiger partial charge on any atom is 0.316 e. The Hall–Kier alpha value is -2.84. The number of esters is 1. The second-order valence-electron chi connectivity index (χ2n) is 7.45. The average molecular weight is 470 g/mol. The summed E-state index contributed by atoms with van der Waals surface area (Å²) in [5.41, 5.74) is 1.84. The van der Waals surface area contributed by atoms with E-state index in [2.05, 4.69) is 0 Å². The van der Waals surface area contributed by atoms with Crippen LogP contribution in [0.3, 0.4) is 0 Å². The van der Waals surface area contributed by atoms with Crippen molar-refractivity contribution in [2.45, 2.75) is 18.2 Å².